The lowest BCUT2D eigenvalue weighted by molar-refractivity contribution is -0.254. The zero-order valence-corrected chi connectivity index (χ0v) is 46.4. The minimum atomic E-state index is -5.15. The summed E-state index contributed by atoms with van der Waals surface area (Å²) in [5.41, 5.74) is 1.96. The highest BCUT2D eigenvalue weighted by atomic mass is 32.3. The lowest BCUT2D eigenvalue weighted by Crippen LogP contribution is -2.68. The van der Waals surface area contributed by atoms with Gasteiger partial charge in [0.1, 0.15) is 18.2 Å². The maximum Gasteiger partial charge on any atom is 0.397 e. The number of benzene rings is 2. The van der Waals surface area contributed by atoms with Gasteiger partial charge in [0.2, 0.25) is 0 Å². The van der Waals surface area contributed by atoms with Gasteiger partial charge in [0.15, 0.2) is 27.5 Å². The van der Waals surface area contributed by atoms with Gasteiger partial charge in [-0.05, 0) is 96.4 Å². The van der Waals surface area contributed by atoms with E-state index in [2.05, 4.69) is 48.6 Å². The number of hydrogen-bond acceptors (Lipinski definition) is 11. The van der Waals surface area contributed by atoms with Gasteiger partial charge in [0, 0.05) is 12.8 Å². The van der Waals surface area contributed by atoms with Gasteiger partial charge in [-0.25, -0.2) is 4.18 Å². The molecule has 1 fully saturated rings. The van der Waals surface area contributed by atoms with Crippen molar-refractivity contribution in [3.8, 4) is 0 Å². The number of hydrogen-bond donors (Lipinski definition) is 2. The first-order valence-electron chi connectivity index (χ1n) is 27.4. The van der Waals surface area contributed by atoms with Crippen LogP contribution in [0.5, 0.6) is 0 Å². The summed E-state index contributed by atoms with van der Waals surface area (Å²) in [6, 6.07) is 19.5. The Balaban J connectivity index is 1.75. The molecular weight excluding hydrogens is 939 g/mol. The summed E-state index contributed by atoms with van der Waals surface area (Å²) in [6.45, 7) is 11.3. The van der Waals surface area contributed by atoms with E-state index in [4.69, 9.17) is 27.6 Å². The van der Waals surface area contributed by atoms with Crippen LogP contribution in [-0.2, 0) is 65.2 Å². The van der Waals surface area contributed by atoms with E-state index in [-0.39, 0.29) is 25.9 Å². The Morgan fingerprint density at radius 3 is 1.61 bits per heavy atom. The van der Waals surface area contributed by atoms with E-state index in [9.17, 15) is 27.4 Å². The first kappa shape index (κ1) is 62.1. The molecule has 0 aliphatic carbocycles. The summed E-state index contributed by atoms with van der Waals surface area (Å²) < 4.78 is 71.3. The molecule has 1 heterocycles. The summed E-state index contributed by atoms with van der Waals surface area (Å²) in [5, 5.41) is 2.93. The number of amides is 1. The normalized spacial score (nSPS) is 18.8. The maximum atomic E-state index is 14.5. The number of nitrogens with one attached hydrogen (secondary N) is 1. The largest absolute Gasteiger partial charge is 0.457 e. The SMILES string of the molecule is CCCCCCCCCCCCC(OC(=O)CCCCCCCCc1ccccc1)C(=O)N[C@H]1C(O[SiH](C)C)O[C@H](COC(C)(C)C)[C@@H](OS(=O)(=O)O)[C@@H]1OC(=O)CCCCCCCCc1ccccc1. The highest BCUT2D eigenvalue weighted by molar-refractivity contribution is 7.80. The van der Waals surface area contributed by atoms with Crippen molar-refractivity contribution < 1.29 is 54.9 Å². The molecule has 0 spiro atoms. The van der Waals surface area contributed by atoms with Gasteiger partial charge >= 0.3 is 22.3 Å². The molecule has 2 aromatic rings. The van der Waals surface area contributed by atoms with Gasteiger partial charge in [-0.1, -0.05) is 177 Å². The average molecular weight is 1030 g/mol. The second kappa shape index (κ2) is 35.9. The molecule has 0 bridgehead atoms. The molecule has 3 rings (SSSR count). The van der Waals surface area contributed by atoms with Crippen LogP contribution in [0.25, 0.3) is 0 Å². The fourth-order valence-electron chi connectivity index (χ4n) is 8.95. The highest BCUT2D eigenvalue weighted by Gasteiger charge is 2.52. The van der Waals surface area contributed by atoms with E-state index >= 15 is 0 Å². The molecule has 13 nitrogen and oxygen atoms in total. The molecule has 1 amide bonds. The summed E-state index contributed by atoms with van der Waals surface area (Å²) in [7, 11) is -7.12. The fourth-order valence-corrected chi connectivity index (χ4v) is 10.2. The van der Waals surface area contributed by atoms with Crippen molar-refractivity contribution >= 4 is 37.3 Å². The monoisotopic (exact) mass is 1030 g/mol. The molecule has 71 heavy (non-hydrogen) atoms. The number of esters is 2. The molecule has 0 radical (unpaired) electrons. The molecule has 1 saturated heterocycles. The van der Waals surface area contributed by atoms with Crippen LogP contribution in [0.15, 0.2) is 60.7 Å². The number of ether oxygens (including phenoxy) is 4. The molecule has 15 heteroatoms. The predicted octanol–water partition coefficient (Wildman–Crippen LogP) is 12.3. The fraction of sp³-hybridized carbons (Fsp3) is 0.732. The van der Waals surface area contributed by atoms with Crippen LogP contribution in [0.3, 0.4) is 0 Å². The summed E-state index contributed by atoms with van der Waals surface area (Å²) in [6.07, 6.45) is 17.9. The molecule has 0 aromatic heterocycles. The third-order valence-electron chi connectivity index (χ3n) is 12.8. The number of carbonyl (C=O) groups excluding carboxylic acids is 3. The summed E-state index contributed by atoms with van der Waals surface area (Å²) >= 11 is 0. The van der Waals surface area contributed by atoms with E-state index < -0.39 is 79.6 Å². The summed E-state index contributed by atoms with van der Waals surface area (Å²) in [4.78, 5) is 41.8. The Morgan fingerprint density at radius 2 is 1.13 bits per heavy atom. The average Bonchev–Trinajstić information content (AvgIpc) is 3.32. The second-order valence-corrected chi connectivity index (χ2v) is 24.2. The smallest absolute Gasteiger partial charge is 0.397 e. The zero-order chi connectivity index (χ0) is 51.7. The van der Waals surface area contributed by atoms with Crippen molar-refractivity contribution in [1.29, 1.82) is 0 Å². The minimum Gasteiger partial charge on any atom is -0.457 e. The molecule has 6 atom stereocenters. The van der Waals surface area contributed by atoms with Crippen molar-refractivity contribution in [3.05, 3.63) is 71.8 Å². The number of carbonyl (C=O) groups is 3. The van der Waals surface area contributed by atoms with E-state index in [0.29, 0.717) is 19.3 Å². The Morgan fingerprint density at radius 1 is 0.662 bits per heavy atom. The van der Waals surface area contributed by atoms with E-state index in [1.807, 2.05) is 58.1 Å². The Kier molecular flexibility index (Phi) is 31.4. The third kappa shape index (κ3) is 29.3. The van der Waals surface area contributed by atoms with Crippen molar-refractivity contribution in [2.45, 2.75) is 256 Å². The van der Waals surface area contributed by atoms with Crippen molar-refractivity contribution in [2.24, 2.45) is 0 Å². The standard InChI is InChI=1S/C56H93NO12SSi/c1-7-8-9-10-11-12-13-14-21-32-41-47(65-49(58)42-33-22-17-15-19-26-35-45-37-28-24-29-38-45)54(60)57-51-53(67-50(59)43-34-23-18-16-20-27-36-46-39-30-25-31-40-46)52(68-70(61,62)63)48(44-64-56(2,3)4)66-55(51)69-71(5)6/h24-25,28-31,37-40,47-48,51-53,55,71H,7-23,26-27,32-36,41-44H2,1-6H3,(H,57,60)(H,61,62,63)/t47?,48-,51-,52-,53-,55?/m1/s1. The Labute approximate surface area is 430 Å². The quantitative estimate of drug-likeness (QED) is 0.0281. The number of aryl methyl sites for hydroxylation is 2. The highest BCUT2D eigenvalue weighted by Crippen LogP contribution is 2.31. The van der Waals surface area contributed by atoms with Crippen LogP contribution < -0.4 is 5.32 Å². The Bertz CT molecular complexity index is 1830. The molecule has 1 aliphatic rings. The van der Waals surface area contributed by atoms with Gasteiger partial charge in [-0.15, -0.1) is 0 Å². The van der Waals surface area contributed by atoms with Crippen LogP contribution in [0.2, 0.25) is 13.1 Å². The maximum absolute atomic E-state index is 14.5. The summed E-state index contributed by atoms with van der Waals surface area (Å²) in [5.74, 6) is -1.76. The van der Waals surface area contributed by atoms with Gasteiger partial charge in [0.05, 0.1) is 12.2 Å². The third-order valence-corrected chi connectivity index (χ3v) is 14.1. The van der Waals surface area contributed by atoms with Crippen LogP contribution in [0.1, 0.15) is 199 Å². The van der Waals surface area contributed by atoms with Gasteiger partial charge in [-0.2, -0.15) is 8.42 Å². The Hall–Kier alpha value is -3.18. The second-order valence-electron chi connectivity index (χ2n) is 20.8. The van der Waals surface area contributed by atoms with Gasteiger partial charge in [-0.3, -0.25) is 18.9 Å². The minimum absolute atomic E-state index is 0.0287. The first-order chi connectivity index (χ1) is 34.0. The number of rotatable bonds is 39. The molecule has 2 unspecified atom stereocenters. The molecule has 2 aromatic carbocycles. The zero-order valence-electron chi connectivity index (χ0n) is 44.5. The van der Waals surface area contributed by atoms with Crippen molar-refractivity contribution in [1.82, 2.24) is 5.32 Å². The van der Waals surface area contributed by atoms with E-state index in [1.165, 1.54) is 43.2 Å². The van der Waals surface area contributed by atoms with Crippen LogP contribution in [0, 0.1) is 0 Å². The first-order valence-corrected chi connectivity index (χ1v) is 31.6. The van der Waals surface area contributed by atoms with Gasteiger partial charge in [0.25, 0.3) is 5.91 Å². The van der Waals surface area contributed by atoms with E-state index in [0.717, 1.165) is 103 Å². The predicted molar refractivity (Wildman–Crippen MR) is 284 cm³/mol. The molecule has 0 saturated carbocycles. The van der Waals surface area contributed by atoms with E-state index in [1.54, 1.807) is 0 Å². The molecular formula is C56H93NO12SSi. The molecule has 1 aliphatic heterocycles. The molecule has 404 valence electrons. The van der Waals surface area contributed by atoms with Crippen LogP contribution in [0.4, 0.5) is 0 Å². The van der Waals surface area contributed by atoms with Crippen molar-refractivity contribution in [2.75, 3.05) is 6.61 Å². The lowest BCUT2D eigenvalue weighted by atomic mass is 9.95. The lowest BCUT2D eigenvalue weighted by Gasteiger charge is -2.46. The number of unbranched alkanes of at least 4 members (excludes halogenated alkanes) is 19. The van der Waals surface area contributed by atoms with Gasteiger partial charge < -0.3 is 28.7 Å². The van der Waals surface area contributed by atoms with Crippen molar-refractivity contribution in [3.63, 3.8) is 0 Å². The van der Waals surface area contributed by atoms with Crippen LogP contribution in [-0.4, -0.2) is 88.8 Å². The molecule has 2 N–H and O–H groups in total. The topological polar surface area (TPSA) is 173 Å². The van der Waals surface area contributed by atoms with Crippen LogP contribution >= 0.6 is 0 Å².